The number of aliphatic hydroxyl groups excluding tert-OH is 1. The van der Waals surface area contributed by atoms with Gasteiger partial charge in [-0.15, -0.1) is 0 Å². The third kappa shape index (κ3) is 2.56. The zero-order valence-corrected chi connectivity index (χ0v) is 12.0. The van der Waals surface area contributed by atoms with Crippen molar-refractivity contribution in [1.82, 2.24) is 14.5 Å². The van der Waals surface area contributed by atoms with Crippen LogP contribution >= 0.6 is 0 Å². The molecule has 1 aromatic rings. The SMILES string of the molecule is CC(C)N1CCCC1Cc1cn2c(n1)CCCC2O. The van der Waals surface area contributed by atoms with Gasteiger partial charge in [-0.1, -0.05) is 0 Å². The largest absolute Gasteiger partial charge is 0.373 e. The predicted octanol–water partition coefficient (Wildman–Crippen LogP) is 2.13. The number of hydrogen-bond acceptors (Lipinski definition) is 3. The lowest BCUT2D eigenvalue weighted by Crippen LogP contribution is -2.36. The Morgan fingerprint density at radius 2 is 2.21 bits per heavy atom. The number of rotatable bonds is 3. The van der Waals surface area contributed by atoms with Crippen LogP contribution in [0, 0.1) is 0 Å². The summed E-state index contributed by atoms with van der Waals surface area (Å²) in [5, 5.41) is 9.99. The Morgan fingerprint density at radius 1 is 1.37 bits per heavy atom. The third-order valence-electron chi connectivity index (χ3n) is 4.57. The Hall–Kier alpha value is -0.870. The Labute approximate surface area is 115 Å². The summed E-state index contributed by atoms with van der Waals surface area (Å²) in [6, 6.07) is 1.25. The number of likely N-dealkylation sites (tertiary alicyclic amines) is 1. The molecule has 0 saturated carbocycles. The number of aryl methyl sites for hydroxylation is 1. The van der Waals surface area contributed by atoms with Crippen LogP contribution in [0.5, 0.6) is 0 Å². The van der Waals surface area contributed by atoms with Crippen LogP contribution in [0.2, 0.25) is 0 Å². The molecule has 0 radical (unpaired) electrons. The molecule has 1 fully saturated rings. The molecule has 3 rings (SSSR count). The fourth-order valence-corrected chi connectivity index (χ4v) is 3.61. The number of fused-ring (bicyclic) bond motifs is 1. The van der Waals surface area contributed by atoms with E-state index in [0.29, 0.717) is 12.1 Å². The maximum absolute atomic E-state index is 9.99. The van der Waals surface area contributed by atoms with Crippen LogP contribution in [0.25, 0.3) is 0 Å². The van der Waals surface area contributed by atoms with Crippen LogP contribution in [0.4, 0.5) is 0 Å². The Bertz CT molecular complexity index is 441. The number of imidazole rings is 1. The summed E-state index contributed by atoms with van der Waals surface area (Å²) in [7, 11) is 0. The fourth-order valence-electron chi connectivity index (χ4n) is 3.61. The van der Waals surface area contributed by atoms with E-state index in [1.807, 2.05) is 4.57 Å². The highest BCUT2D eigenvalue weighted by molar-refractivity contribution is 5.09. The van der Waals surface area contributed by atoms with Gasteiger partial charge in [0.15, 0.2) is 0 Å². The zero-order chi connectivity index (χ0) is 13.4. The highest BCUT2D eigenvalue weighted by Gasteiger charge is 2.28. The van der Waals surface area contributed by atoms with Crippen LogP contribution in [0.3, 0.4) is 0 Å². The van der Waals surface area contributed by atoms with Gasteiger partial charge in [-0.25, -0.2) is 4.98 Å². The van der Waals surface area contributed by atoms with Gasteiger partial charge in [0.2, 0.25) is 0 Å². The molecule has 2 atom stereocenters. The number of nitrogens with zero attached hydrogens (tertiary/aromatic N) is 3. The second-order valence-corrected chi connectivity index (χ2v) is 6.26. The van der Waals surface area contributed by atoms with E-state index >= 15 is 0 Å². The average molecular weight is 263 g/mol. The topological polar surface area (TPSA) is 41.3 Å². The van der Waals surface area contributed by atoms with Crippen LogP contribution in [0.15, 0.2) is 6.20 Å². The van der Waals surface area contributed by atoms with Crippen LogP contribution in [-0.2, 0) is 12.8 Å². The van der Waals surface area contributed by atoms with Crippen molar-refractivity contribution in [2.45, 2.75) is 70.7 Å². The van der Waals surface area contributed by atoms with Gasteiger partial charge >= 0.3 is 0 Å². The van der Waals surface area contributed by atoms with Crippen molar-refractivity contribution >= 4 is 0 Å². The Balaban J connectivity index is 1.73. The maximum Gasteiger partial charge on any atom is 0.131 e. The molecule has 2 unspecified atom stereocenters. The van der Waals surface area contributed by atoms with Gasteiger partial charge in [0, 0.05) is 31.1 Å². The molecule has 1 aromatic heterocycles. The molecule has 1 N–H and O–H groups in total. The van der Waals surface area contributed by atoms with Crippen LogP contribution in [0.1, 0.15) is 57.3 Å². The lowest BCUT2D eigenvalue weighted by Gasteiger charge is -2.27. The highest BCUT2D eigenvalue weighted by atomic mass is 16.3. The summed E-state index contributed by atoms with van der Waals surface area (Å²) in [5.41, 5.74) is 1.16. The van der Waals surface area contributed by atoms with E-state index in [1.54, 1.807) is 0 Å². The van der Waals surface area contributed by atoms with E-state index in [4.69, 9.17) is 4.98 Å². The fraction of sp³-hybridized carbons (Fsp3) is 0.800. The van der Waals surface area contributed by atoms with Crippen molar-refractivity contribution < 1.29 is 5.11 Å². The number of hydrogen-bond donors (Lipinski definition) is 1. The molecule has 2 aliphatic heterocycles. The van der Waals surface area contributed by atoms with Crippen molar-refractivity contribution in [3.05, 3.63) is 17.7 Å². The van der Waals surface area contributed by atoms with Crippen molar-refractivity contribution in [2.24, 2.45) is 0 Å². The summed E-state index contributed by atoms with van der Waals surface area (Å²) in [6.45, 7) is 5.78. The van der Waals surface area contributed by atoms with Crippen molar-refractivity contribution in [3.8, 4) is 0 Å². The highest BCUT2D eigenvalue weighted by Crippen LogP contribution is 2.26. The molecule has 2 aliphatic rings. The molecular weight excluding hydrogens is 238 g/mol. The molecule has 19 heavy (non-hydrogen) atoms. The third-order valence-corrected chi connectivity index (χ3v) is 4.57. The molecule has 0 aliphatic carbocycles. The molecule has 0 spiro atoms. The lowest BCUT2D eigenvalue weighted by molar-refractivity contribution is 0.0780. The molecule has 106 valence electrons. The van der Waals surface area contributed by atoms with Crippen LogP contribution < -0.4 is 0 Å². The molecule has 3 heterocycles. The molecule has 0 amide bonds. The molecule has 0 bridgehead atoms. The van der Waals surface area contributed by atoms with Gasteiger partial charge in [-0.3, -0.25) is 4.90 Å². The van der Waals surface area contributed by atoms with E-state index in [0.717, 1.165) is 37.2 Å². The minimum atomic E-state index is -0.352. The van der Waals surface area contributed by atoms with E-state index in [1.165, 1.54) is 19.4 Å². The van der Waals surface area contributed by atoms with Crippen LogP contribution in [-0.4, -0.2) is 38.2 Å². The van der Waals surface area contributed by atoms with E-state index < -0.39 is 0 Å². The van der Waals surface area contributed by atoms with Gasteiger partial charge in [0.05, 0.1) is 5.69 Å². The molecule has 4 heteroatoms. The average Bonchev–Trinajstić information content (AvgIpc) is 2.96. The first kappa shape index (κ1) is 13.1. The second-order valence-electron chi connectivity index (χ2n) is 6.26. The van der Waals surface area contributed by atoms with Gasteiger partial charge < -0.3 is 9.67 Å². The summed E-state index contributed by atoms with van der Waals surface area (Å²) < 4.78 is 1.98. The minimum Gasteiger partial charge on any atom is -0.373 e. The van der Waals surface area contributed by atoms with E-state index in [2.05, 4.69) is 24.9 Å². The minimum absolute atomic E-state index is 0.352. The predicted molar refractivity (Wildman–Crippen MR) is 75.0 cm³/mol. The first-order valence-corrected chi connectivity index (χ1v) is 7.65. The molecule has 4 nitrogen and oxygen atoms in total. The van der Waals surface area contributed by atoms with Gasteiger partial charge in [0.25, 0.3) is 0 Å². The van der Waals surface area contributed by atoms with E-state index in [9.17, 15) is 5.11 Å². The second kappa shape index (κ2) is 5.25. The zero-order valence-electron chi connectivity index (χ0n) is 12.0. The summed E-state index contributed by atoms with van der Waals surface area (Å²) >= 11 is 0. The molecule has 0 aromatic carbocycles. The maximum atomic E-state index is 9.99. The normalized spacial score (nSPS) is 28.0. The quantitative estimate of drug-likeness (QED) is 0.908. The molecule has 1 saturated heterocycles. The molecular formula is C15H25N3O. The van der Waals surface area contributed by atoms with Crippen molar-refractivity contribution in [1.29, 1.82) is 0 Å². The van der Waals surface area contributed by atoms with E-state index in [-0.39, 0.29) is 6.23 Å². The Morgan fingerprint density at radius 3 is 2.95 bits per heavy atom. The first-order valence-electron chi connectivity index (χ1n) is 7.65. The first-order chi connectivity index (χ1) is 9.15. The number of aromatic nitrogens is 2. The van der Waals surface area contributed by atoms with Crippen molar-refractivity contribution in [2.75, 3.05) is 6.54 Å². The summed E-state index contributed by atoms with van der Waals surface area (Å²) in [4.78, 5) is 7.33. The monoisotopic (exact) mass is 263 g/mol. The smallest absolute Gasteiger partial charge is 0.131 e. The van der Waals surface area contributed by atoms with Gasteiger partial charge in [-0.05, 0) is 46.1 Å². The van der Waals surface area contributed by atoms with Gasteiger partial charge in [-0.2, -0.15) is 0 Å². The van der Waals surface area contributed by atoms with Gasteiger partial charge in [0.1, 0.15) is 12.1 Å². The van der Waals surface area contributed by atoms with Crippen molar-refractivity contribution in [3.63, 3.8) is 0 Å². The summed E-state index contributed by atoms with van der Waals surface area (Å²) in [5.74, 6) is 1.07. The Kier molecular flexibility index (Phi) is 3.63. The lowest BCUT2D eigenvalue weighted by atomic mass is 10.1. The summed E-state index contributed by atoms with van der Waals surface area (Å²) in [6.07, 6.45) is 8.27. The number of aliphatic hydroxyl groups is 1. The standard InChI is InChI=1S/C15H25N3O/c1-11(2)17-8-4-5-13(17)9-12-10-18-14(16-12)6-3-7-15(18)19/h10-11,13,15,19H,3-9H2,1-2H3.